The Bertz CT molecular complexity index is 2490. The van der Waals surface area contributed by atoms with E-state index in [1.807, 2.05) is 54.6 Å². The van der Waals surface area contributed by atoms with Crippen LogP contribution in [0.2, 0.25) is 0 Å². The number of nitrogens with zero attached hydrogens (tertiary/aromatic N) is 3. The van der Waals surface area contributed by atoms with Gasteiger partial charge < -0.3 is 13.4 Å². The van der Waals surface area contributed by atoms with Crippen molar-refractivity contribution in [2.75, 3.05) is 0 Å². The molecular formula is C32H17N3O3. The molecule has 0 spiro atoms. The maximum atomic E-state index is 13.4. The predicted octanol–water partition coefficient (Wildman–Crippen LogP) is 7.59. The van der Waals surface area contributed by atoms with Crippen molar-refractivity contribution in [1.29, 1.82) is 0 Å². The smallest absolute Gasteiger partial charge is 0.310 e. The molecule has 0 saturated carbocycles. The van der Waals surface area contributed by atoms with Crippen LogP contribution in [0.5, 0.6) is 0 Å². The van der Waals surface area contributed by atoms with Crippen LogP contribution in [0.1, 0.15) is 0 Å². The van der Waals surface area contributed by atoms with Crippen LogP contribution < -0.4 is 5.56 Å². The lowest BCUT2D eigenvalue weighted by atomic mass is 10.1. The van der Waals surface area contributed by atoms with Crippen molar-refractivity contribution in [1.82, 2.24) is 14.0 Å². The van der Waals surface area contributed by atoms with E-state index in [9.17, 15) is 4.79 Å². The molecule has 4 aromatic heterocycles. The standard InChI is InChI=1S/C32H17N3O3/c36-31-21-9-3-6-12-27(21)38-32-33-30-25(35(31)32)15-14-24-29(30)20-8-1-4-10-23(20)34(24)18-13-16-28-22(17-18)19-7-2-5-11-26(19)37-28/h1-17H. The summed E-state index contributed by atoms with van der Waals surface area (Å²) in [7, 11) is 0. The van der Waals surface area contributed by atoms with Crippen LogP contribution in [-0.4, -0.2) is 14.0 Å². The zero-order valence-corrected chi connectivity index (χ0v) is 19.9. The Kier molecular flexibility index (Phi) is 3.59. The van der Waals surface area contributed by atoms with Crippen molar-refractivity contribution < 1.29 is 8.83 Å². The predicted molar refractivity (Wildman–Crippen MR) is 150 cm³/mol. The van der Waals surface area contributed by atoms with Crippen LogP contribution in [0.4, 0.5) is 0 Å². The molecule has 0 saturated heterocycles. The monoisotopic (exact) mass is 491 g/mol. The number of aromatic nitrogens is 3. The zero-order valence-electron chi connectivity index (χ0n) is 19.9. The van der Waals surface area contributed by atoms with Gasteiger partial charge in [0.05, 0.1) is 21.9 Å². The van der Waals surface area contributed by atoms with Crippen LogP contribution in [0.25, 0.3) is 77.3 Å². The second-order valence-corrected chi connectivity index (χ2v) is 9.59. The Morgan fingerprint density at radius 1 is 0.579 bits per heavy atom. The summed E-state index contributed by atoms with van der Waals surface area (Å²) < 4.78 is 16.0. The molecule has 38 heavy (non-hydrogen) atoms. The minimum atomic E-state index is -0.135. The van der Waals surface area contributed by atoms with Crippen molar-refractivity contribution in [2.45, 2.75) is 0 Å². The molecule has 0 bridgehead atoms. The molecule has 0 radical (unpaired) electrons. The molecule has 9 aromatic rings. The maximum absolute atomic E-state index is 13.4. The lowest BCUT2D eigenvalue weighted by Crippen LogP contribution is -2.12. The van der Waals surface area contributed by atoms with Gasteiger partial charge in [-0.15, -0.1) is 0 Å². The number of imidazole rings is 1. The fraction of sp³-hybridized carbons (Fsp3) is 0. The highest BCUT2D eigenvalue weighted by Gasteiger charge is 2.20. The van der Waals surface area contributed by atoms with Crippen LogP contribution >= 0.6 is 0 Å². The van der Waals surface area contributed by atoms with Crippen LogP contribution in [0, 0.1) is 0 Å². The van der Waals surface area contributed by atoms with Gasteiger partial charge in [-0.3, -0.25) is 4.79 Å². The first kappa shape index (κ1) is 19.8. The molecule has 178 valence electrons. The van der Waals surface area contributed by atoms with Gasteiger partial charge in [0.1, 0.15) is 22.3 Å². The molecule has 0 N–H and O–H groups in total. The minimum Gasteiger partial charge on any atom is -0.456 e. The van der Waals surface area contributed by atoms with E-state index in [-0.39, 0.29) is 5.56 Å². The number of hydrogen-bond donors (Lipinski definition) is 0. The highest BCUT2D eigenvalue weighted by atomic mass is 16.4. The van der Waals surface area contributed by atoms with Crippen LogP contribution in [-0.2, 0) is 0 Å². The molecule has 0 aliphatic carbocycles. The first-order valence-electron chi connectivity index (χ1n) is 12.4. The highest BCUT2D eigenvalue weighted by Crippen LogP contribution is 2.38. The third-order valence-electron chi connectivity index (χ3n) is 7.57. The van der Waals surface area contributed by atoms with Gasteiger partial charge in [0, 0.05) is 27.2 Å². The summed E-state index contributed by atoms with van der Waals surface area (Å²) in [6, 6.07) is 34.0. The molecule has 0 aliphatic heterocycles. The van der Waals surface area contributed by atoms with Crippen molar-refractivity contribution in [2.24, 2.45) is 0 Å². The van der Waals surface area contributed by atoms with E-state index in [0.29, 0.717) is 16.8 Å². The third kappa shape index (κ3) is 2.41. The van der Waals surface area contributed by atoms with Crippen molar-refractivity contribution in [3.63, 3.8) is 0 Å². The van der Waals surface area contributed by atoms with Crippen LogP contribution in [0.3, 0.4) is 0 Å². The second-order valence-electron chi connectivity index (χ2n) is 9.59. The van der Waals surface area contributed by atoms with Crippen molar-refractivity contribution >= 4 is 71.6 Å². The summed E-state index contributed by atoms with van der Waals surface area (Å²) in [6.07, 6.45) is 0. The van der Waals surface area contributed by atoms with Gasteiger partial charge in [-0.1, -0.05) is 48.5 Å². The summed E-state index contributed by atoms with van der Waals surface area (Å²) in [5.74, 6) is 0.291. The molecule has 5 aromatic carbocycles. The van der Waals surface area contributed by atoms with E-state index in [1.54, 1.807) is 16.5 Å². The number of rotatable bonds is 1. The molecule has 6 heteroatoms. The van der Waals surface area contributed by atoms with E-state index in [4.69, 9.17) is 13.8 Å². The average Bonchev–Trinajstić information content (AvgIpc) is 3.62. The zero-order chi connectivity index (χ0) is 25.0. The van der Waals surface area contributed by atoms with Gasteiger partial charge in [-0.25, -0.2) is 4.40 Å². The lowest BCUT2D eigenvalue weighted by molar-refractivity contribution is 0.616. The first-order chi connectivity index (χ1) is 18.8. The number of fused-ring (bicyclic) bond motifs is 11. The van der Waals surface area contributed by atoms with Crippen LogP contribution in [0.15, 0.2) is 117 Å². The van der Waals surface area contributed by atoms with E-state index < -0.39 is 0 Å². The molecular weight excluding hydrogens is 474 g/mol. The third-order valence-corrected chi connectivity index (χ3v) is 7.57. The fourth-order valence-corrected chi connectivity index (χ4v) is 5.92. The van der Waals surface area contributed by atoms with Gasteiger partial charge in [-0.2, -0.15) is 4.98 Å². The van der Waals surface area contributed by atoms with E-state index >= 15 is 0 Å². The van der Waals surface area contributed by atoms with E-state index in [1.165, 1.54) is 0 Å². The molecule has 0 fully saturated rings. The number of hydrogen-bond acceptors (Lipinski definition) is 4. The van der Waals surface area contributed by atoms with Crippen molar-refractivity contribution in [3.8, 4) is 5.69 Å². The summed E-state index contributed by atoms with van der Waals surface area (Å²) in [5, 5.41) is 4.73. The summed E-state index contributed by atoms with van der Waals surface area (Å²) in [6.45, 7) is 0. The summed E-state index contributed by atoms with van der Waals surface area (Å²) in [5.41, 5.74) is 6.68. The molecule has 0 unspecified atom stereocenters. The molecule has 6 nitrogen and oxygen atoms in total. The Morgan fingerprint density at radius 3 is 2.13 bits per heavy atom. The van der Waals surface area contributed by atoms with Crippen molar-refractivity contribution in [3.05, 3.63) is 113 Å². The largest absolute Gasteiger partial charge is 0.456 e. The molecule has 4 heterocycles. The van der Waals surface area contributed by atoms with E-state index in [2.05, 4.69) is 41.0 Å². The summed E-state index contributed by atoms with van der Waals surface area (Å²) in [4.78, 5) is 18.3. The second kappa shape index (κ2) is 6.89. The first-order valence-corrected chi connectivity index (χ1v) is 12.4. The quantitative estimate of drug-likeness (QED) is 0.237. The van der Waals surface area contributed by atoms with Gasteiger partial charge in [0.15, 0.2) is 0 Å². The Hall–Kier alpha value is -5.36. The molecule has 0 aliphatic rings. The number of furan rings is 1. The van der Waals surface area contributed by atoms with Gasteiger partial charge in [0.2, 0.25) is 0 Å². The SMILES string of the molecule is O=c1c2ccccc2oc2nc3c4c5ccccc5n(-c5ccc6oc7ccccc7c6c5)c4ccc3n12. The summed E-state index contributed by atoms with van der Waals surface area (Å²) >= 11 is 0. The van der Waals surface area contributed by atoms with E-state index in [0.717, 1.165) is 60.5 Å². The van der Waals surface area contributed by atoms with Gasteiger partial charge >= 0.3 is 5.84 Å². The topological polar surface area (TPSA) is 65.6 Å². The minimum absolute atomic E-state index is 0.135. The fourth-order valence-electron chi connectivity index (χ4n) is 5.92. The molecule has 9 rings (SSSR count). The molecule has 0 atom stereocenters. The Morgan fingerprint density at radius 2 is 1.26 bits per heavy atom. The normalized spacial score (nSPS) is 12.3. The maximum Gasteiger partial charge on any atom is 0.310 e. The average molecular weight is 492 g/mol. The Balaban J connectivity index is 1.43. The number of para-hydroxylation sites is 3. The Labute approximate surface area is 213 Å². The molecule has 0 amide bonds. The lowest BCUT2D eigenvalue weighted by Gasteiger charge is -2.08. The number of benzene rings is 5. The van der Waals surface area contributed by atoms with Gasteiger partial charge in [0.25, 0.3) is 5.56 Å². The highest BCUT2D eigenvalue weighted by molar-refractivity contribution is 6.20. The van der Waals surface area contributed by atoms with Gasteiger partial charge in [-0.05, 0) is 54.6 Å².